The SMILES string of the molecule is CCCCCCCCC(CCCCCC)CNC(=O)C(C)NC(=O)C(C)NC(C)=O. The number of carbonyl (C=O) groups excluding carboxylic acids is 3. The second kappa shape index (κ2) is 18.2. The monoisotopic (exact) mass is 425 g/mol. The van der Waals surface area contributed by atoms with Crippen LogP contribution in [0.3, 0.4) is 0 Å². The van der Waals surface area contributed by atoms with Crippen molar-refractivity contribution in [3.05, 3.63) is 0 Å². The van der Waals surface area contributed by atoms with E-state index >= 15 is 0 Å². The Hall–Kier alpha value is -1.59. The number of hydrogen-bond donors (Lipinski definition) is 3. The van der Waals surface area contributed by atoms with Crippen molar-refractivity contribution in [3.8, 4) is 0 Å². The first-order chi connectivity index (χ1) is 14.3. The van der Waals surface area contributed by atoms with Crippen LogP contribution in [-0.2, 0) is 14.4 Å². The summed E-state index contributed by atoms with van der Waals surface area (Å²) in [7, 11) is 0. The normalized spacial score (nSPS) is 13.9. The number of carbonyl (C=O) groups is 3. The molecule has 0 rings (SSSR count). The number of rotatable bonds is 18. The van der Waals surface area contributed by atoms with E-state index in [1.807, 2.05) is 0 Å². The van der Waals surface area contributed by atoms with Crippen LogP contribution in [0.4, 0.5) is 0 Å². The van der Waals surface area contributed by atoms with Crippen LogP contribution in [0.5, 0.6) is 0 Å². The van der Waals surface area contributed by atoms with Crippen LogP contribution >= 0.6 is 0 Å². The molecule has 0 spiro atoms. The van der Waals surface area contributed by atoms with Crippen LogP contribution in [0, 0.1) is 5.92 Å². The molecule has 3 N–H and O–H groups in total. The average Bonchev–Trinajstić information content (AvgIpc) is 2.70. The van der Waals surface area contributed by atoms with Gasteiger partial charge in [0.1, 0.15) is 12.1 Å². The summed E-state index contributed by atoms with van der Waals surface area (Å²) in [6, 6.07) is -1.28. The summed E-state index contributed by atoms with van der Waals surface area (Å²) in [6.07, 6.45) is 15.0. The maximum Gasteiger partial charge on any atom is 0.242 e. The standard InChI is InChI=1S/C24H47N3O3/c1-6-8-10-12-13-15-17-22(16-14-11-9-7-2)18-25-23(29)19(3)27-24(30)20(4)26-21(5)28/h19-20,22H,6-18H2,1-5H3,(H,25,29)(H,26,28)(H,27,30). The molecule has 0 fully saturated rings. The van der Waals surface area contributed by atoms with Gasteiger partial charge in [-0.1, -0.05) is 78.1 Å². The van der Waals surface area contributed by atoms with Gasteiger partial charge in [0.25, 0.3) is 0 Å². The van der Waals surface area contributed by atoms with Gasteiger partial charge in [-0.25, -0.2) is 0 Å². The molecule has 0 aliphatic rings. The molecule has 176 valence electrons. The Balaban J connectivity index is 4.38. The molecule has 0 radical (unpaired) electrons. The second-order valence-corrected chi connectivity index (χ2v) is 8.67. The van der Waals surface area contributed by atoms with Gasteiger partial charge < -0.3 is 16.0 Å². The third-order valence-electron chi connectivity index (χ3n) is 5.56. The topological polar surface area (TPSA) is 87.3 Å². The van der Waals surface area contributed by atoms with Crippen LogP contribution in [0.2, 0.25) is 0 Å². The maximum absolute atomic E-state index is 12.4. The fraction of sp³-hybridized carbons (Fsp3) is 0.875. The second-order valence-electron chi connectivity index (χ2n) is 8.67. The van der Waals surface area contributed by atoms with Crippen molar-refractivity contribution in [2.75, 3.05) is 6.54 Å². The number of nitrogens with one attached hydrogen (secondary N) is 3. The van der Waals surface area contributed by atoms with E-state index in [9.17, 15) is 14.4 Å². The van der Waals surface area contributed by atoms with E-state index in [0.717, 1.165) is 12.8 Å². The predicted octanol–water partition coefficient (Wildman–Crippen LogP) is 4.47. The van der Waals surface area contributed by atoms with Crippen molar-refractivity contribution < 1.29 is 14.4 Å². The largest absolute Gasteiger partial charge is 0.354 e. The predicted molar refractivity (Wildman–Crippen MR) is 124 cm³/mol. The molecule has 6 heteroatoms. The Morgan fingerprint density at radius 1 is 0.667 bits per heavy atom. The lowest BCUT2D eigenvalue weighted by Gasteiger charge is -2.21. The summed E-state index contributed by atoms with van der Waals surface area (Å²) in [4.78, 5) is 35.6. The summed E-state index contributed by atoms with van der Waals surface area (Å²) >= 11 is 0. The molecule has 0 saturated carbocycles. The molecular weight excluding hydrogens is 378 g/mol. The fourth-order valence-corrected chi connectivity index (χ4v) is 3.59. The van der Waals surface area contributed by atoms with E-state index in [1.165, 1.54) is 71.1 Å². The molecule has 0 saturated heterocycles. The highest BCUT2D eigenvalue weighted by molar-refractivity contribution is 5.91. The van der Waals surface area contributed by atoms with Crippen molar-refractivity contribution in [1.29, 1.82) is 0 Å². The molecule has 0 aromatic carbocycles. The summed E-state index contributed by atoms with van der Waals surface area (Å²) < 4.78 is 0. The lowest BCUT2D eigenvalue weighted by atomic mass is 9.94. The molecular formula is C24H47N3O3. The third-order valence-corrected chi connectivity index (χ3v) is 5.56. The maximum atomic E-state index is 12.4. The minimum atomic E-state index is -0.656. The molecule has 0 aliphatic carbocycles. The Morgan fingerprint density at radius 2 is 1.13 bits per heavy atom. The summed E-state index contributed by atoms with van der Waals surface area (Å²) in [6.45, 7) is 9.77. The number of unbranched alkanes of at least 4 members (excludes halogenated alkanes) is 8. The molecule has 0 heterocycles. The van der Waals surface area contributed by atoms with Gasteiger partial charge in [-0.05, 0) is 32.6 Å². The van der Waals surface area contributed by atoms with E-state index in [0.29, 0.717) is 12.5 Å². The zero-order chi connectivity index (χ0) is 22.8. The molecule has 6 nitrogen and oxygen atoms in total. The van der Waals surface area contributed by atoms with Gasteiger partial charge in [0.15, 0.2) is 0 Å². The van der Waals surface area contributed by atoms with Crippen LogP contribution < -0.4 is 16.0 Å². The van der Waals surface area contributed by atoms with Crippen molar-refractivity contribution in [3.63, 3.8) is 0 Å². The summed E-state index contributed by atoms with van der Waals surface area (Å²) in [5, 5.41) is 8.23. The minimum absolute atomic E-state index is 0.167. The van der Waals surface area contributed by atoms with Gasteiger partial charge in [-0.3, -0.25) is 14.4 Å². The highest BCUT2D eigenvalue weighted by Crippen LogP contribution is 2.18. The van der Waals surface area contributed by atoms with Crippen LogP contribution in [0.15, 0.2) is 0 Å². The Bertz CT molecular complexity index is 482. The quantitative estimate of drug-likeness (QED) is 0.283. The summed E-state index contributed by atoms with van der Waals surface area (Å²) in [5.74, 6) is -0.288. The van der Waals surface area contributed by atoms with Gasteiger partial charge in [-0.15, -0.1) is 0 Å². The lowest BCUT2D eigenvalue weighted by molar-refractivity contribution is -0.131. The Morgan fingerprint density at radius 3 is 1.67 bits per heavy atom. The van der Waals surface area contributed by atoms with E-state index in [-0.39, 0.29) is 17.7 Å². The van der Waals surface area contributed by atoms with Crippen molar-refractivity contribution in [1.82, 2.24) is 16.0 Å². The zero-order valence-electron chi connectivity index (χ0n) is 20.1. The number of hydrogen-bond acceptors (Lipinski definition) is 3. The smallest absolute Gasteiger partial charge is 0.242 e. The first kappa shape index (κ1) is 28.4. The third kappa shape index (κ3) is 15.3. The molecule has 3 atom stereocenters. The Kier molecular flexibility index (Phi) is 17.2. The molecule has 30 heavy (non-hydrogen) atoms. The van der Waals surface area contributed by atoms with E-state index in [2.05, 4.69) is 29.8 Å². The van der Waals surface area contributed by atoms with Crippen molar-refractivity contribution >= 4 is 17.7 Å². The molecule has 0 aliphatic heterocycles. The first-order valence-electron chi connectivity index (χ1n) is 12.2. The Labute approximate surface area is 184 Å². The fourth-order valence-electron chi connectivity index (χ4n) is 3.59. The van der Waals surface area contributed by atoms with E-state index < -0.39 is 12.1 Å². The first-order valence-corrected chi connectivity index (χ1v) is 12.2. The van der Waals surface area contributed by atoms with Gasteiger partial charge in [0.2, 0.25) is 17.7 Å². The van der Waals surface area contributed by atoms with Gasteiger partial charge in [0.05, 0.1) is 0 Å². The van der Waals surface area contributed by atoms with Gasteiger partial charge >= 0.3 is 0 Å². The van der Waals surface area contributed by atoms with E-state index in [4.69, 9.17) is 0 Å². The number of amides is 3. The van der Waals surface area contributed by atoms with Gasteiger partial charge in [0, 0.05) is 13.5 Å². The highest BCUT2D eigenvalue weighted by Gasteiger charge is 2.20. The highest BCUT2D eigenvalue weighted by atomic mass is 16.2. The van der Waals surface area contributed by atoms with Crippen LogP contribution in [0.1, 0.15) is 112 Å². The summed E-state index contributed by atoms with van der Waals surface area (Å²) in [5.41, 5.74) is 0. The van der Waals surface area contributed by atoms with Gasteiger partial charge in [-0.2, -0.15) is 0 Å². The molecule has 0 aromatic heterocycles. The zero-order valence-corrected chi connectivity index (χ0v) is 20.1. The molecule has 3 unspecified atom stereocenters. The minimum Gasteiger partial charge on any atom is -0.354 e. The van der Waals surface area contributed by atoms with Crippen molar-refractivity contribution in [2.45, 2.75) is 124 Å². The van der Waals surface area contributed by atoms with Crippen molar-refractivity contribution in [2.24, 2.45) is 5.92 Å². The van der Waals surface area contributed by atoms with Crippen LogP contribution in [0.25, 0.3) is 0 Å². The average molecular weight is 426 g/mol. The van der Waals surface area contributed by atoms with Crippen LogP contribution in [-0.4, -0.2) is 36.3 Å². The molecule has 3 amide bonds. The lowest BCUT2D eigenvalue weighted by Crippen LogP contribution is -2.51. The van der Waals surface area contributed by atoms with E-state index in [1.54, 1.807) is 13.8 Å². The molecule has 0 bridgehead atoms. The molecule has 0 aromatic rings.